The van der Waals surface area contributed by atoms with Crippen molar-refractivity contribution in [2.45, 2.75) is 76.4 Å². The minimum atomic E-state index is 0.285. The molecule has 1 aliphatic carbocycles. The molecule has 1 nitrogen and oxygen atoms in total. The van der Waals surface area contributed by atoms with Crippen molar-refractivity contribution in [1.82, 2.24) is 0 Å². The van der Waals surface area contributed by atoms with Crippen molar-refractivity contribution in [3.63, 3.8) is 0 Å². The van der Waals surface area contributed by atoms with Gasteiger partial charge in [-0.05, 0) is 38.0 Å². The highest BCUT2D eigenvalue weighted by Gasteiger charge is 2.40. The lowest BCUT2D eigenvalue weighted by molar-refractivity contribution is -0.0692. The molecule has 16 heavy (non-hydrogen) atoms. The van der Waals surface area contributed by atoms with Gasteiger partial charge in [0.2, 0.25) is 0 Å². The lowest BCUT2D eigenvalue weighted by atomic mass is 9.83. The van der Waals surface area contributed by atoms with Crippen LogP contribution in [0.3, 0.4) is 0 Å². The summed E-state index contributed by atoms with van der Waals surface area (Å²) in [6.45, 7) is 2.23. The molecule has 0 radical (unpaired) electrons. The van der Waals surface area contributed by atoms with Gasteiger partial charge in [-0.25, -0.2) is 0 Å². The van der Waals surface area contributed by atoms with Gasteiger partial charge in [-0.1, -0.05) is 32.6 Å². The number of rotatable bonds is 4. The molecule has 2 heteroatoms. The maximum absolute atomic E-state index is 6.37. The Morgan fingerprint density at radius 3 is 2.62 bits per heavy atom. The molecule has 0 amide bonds. The van der Waals surface area contributed by atoms with Gasteiger partial charge in [-0.3, -0.25) is 0 Å². The van der Waals surface area contributed by atoms with E-state index >= 15 is 0 Å². The van der Waals surface area contributed by atoms with Crippen LogP contribution in [0.25, 0.3) is 0 Å². The molecule has 2 aliphatic rings. The van der Waals surface area contributed by atoms with Gasteiger partial charge in [-0.2, -0.15) is 0 Å². The third kappa shape index (κ3) is 2.92. The monoisotopic (exact) mass is 244 g/mol. The van der Waals surface area contributed by atoms with Gasteiger partial charge < -0.3 is 4.74 Å². The average molecular weight is 245 g/mol. The summed E-state index contributed by atoms with van der Waals surface area (Å²) < 4.78 is 6.37. The number of hydrogen-bond donors (Lipinski definition) is 0. The van der Waals surface area contributed by atoms with Crippen molar-refractivity contribution < 1.29 is 4.74 Å². The SMILES string of the molecule is CCC(CCl)CC1CCC2(CCCCC2)O1. The summed E-state index contributed by atoms with van der Waals surface area (Å²) in [4.78, 5) is 0. The number of hydrogen-bond acceptors (Lipinski definition) is 1. The smallest absolute Gasteiger partial charge is 0.0687 e. The largest absolute Gasteiger partial charge is 0.372 e. The third-order valence-corrected chi connectivity index (χ3v) is 4.93. The van der Waals surface area contributed by atoms with Crippen LogP contribution in [0.1, 0.15) is 64.7 Å². The van der Waals surface area contributed by atoms with E-state index in [1.165, 1.54) is 57.8 Å². The molecule has 0 bridgehead atoms. The Balaban J connectivity index is 1.82. The fourth-order valence-corrected chi connectivity index (χ4v) is 3.68. The molecule has 2 unspecified atom stereocenters. The molecule has 1 saturated heterocycles. The first-order valence-corrected chi connectivity index (χ1v) is 7.55. The first-order valence-electron chi connectivity index (χ1n) is 7.02. The van der Waals surface area contributed by atoms with Crippen molar-refractivity contribution in [1.29, 1.82) is 0 Å². The molecule has 1 saturated carbocycles. The van der Waals surface area contributed by atoms with E-state index in [1.807, 2.05) is 0 Å². The molecule has 0 aromatic carbocycles. The molecule has 2 atom stereocenters. The van der Waals surface area contributed by atoms with E-state index in [2.05, 4.69) is 6.92 Å². The maximum atomic E-state index is 6.37. The van der Waals surface area contributed by atoms with Crippen LogP contribution in [0.5, 0.6) is 0 Å². The van der Waals surface area contributed by atoms with Gasteiger partial charge in [0.1, 0.15) is 0 Å². The van der Waals surface area contributed by atoms with Crippen LogP contribution in [0, 0.1) is 5.92 Å². The Labute approximate surface area is 105 Å². The van der Waals surface area contributed by atoms with E-state index in [-0.39, 0.29) is 5.60 Å². The van der Waals surface area contributed by atoms with Crippen LogP contribution < -0.4 is 0 Å². The van der Waals surface area contributed by atoms with Crippen LogP contribution in [0.15, 0.2) is 0 Å². The van der Waals surface area contributed by atoms with Crippen molar-refractivity contribution in [2.75, 3.05) is 5.88 Å². The van der Waals surface area contributed by atoms with E-state index in [1.54, 1.807) is 0 Å². The molecule has 0 aromatic heterocycles. The van der Waals surface area contributed by atoms with Gasteiger partial charge >= 0.3 is 0 Å². The molecule has 1 spiro atoms. The van der Waals surface area contributed by atoms with Crippen molar-refractivity contribution in [3.05, 3.63) is 0 Å². The van der Waals surface area contributed by atoms with E-state index < -0.39 is 0 Å². The molecule has 0 N–H and O–H groups in total. The Hall–Kier alpha value is 0.250. The summed E-state index contributed by atoms with van der Waals surface area (Å²) >= 11 is 5.97. The summed E-state index contributed by atoms with van der Waals surface area (Å²) in [6.07, 6.45) is 12.2. The summed E-state index contributed by atoms with van der Waals surface area (Å²) in [5.41, 5.74) is 0.285. The fourth-order valence-electron chi connectivity index (χ4n) is 3.34. The normalized spacial score (nSPS) is 30.8. The minimum Gasteiger partial charge on any atom is -0.372 e. The third-order valence-electron chi connectivity index (χ3n) is 4.50. The molecule has 2 rings (SSSR count). The van der Waals surface area contributed by atoms with Gasteiger partial charge in [0.05, 0.1) is 11.7 Å². The van der Waals surface area contributed by atoms with Crippen molar-refractivity contribution in [3.8, 4) is 0 Å². The quantitative estimate of drug-likeness (QED) is 0.661. The van der Waals surface area contributed by atoms with E-state index in [4.69, 9.17) is 16.3 Å². The van der Waals surface area contributed by atoms with Crippen molar-refractivity contribution in [2.24, 2.45) is 5.92 Å². The first-order chi connectivity index (χ1) is 7.78. The van der Waals surface area contributed by atoms with Gasteiger partial charge in [-0.15, -0.1) is 11.6 Å². The van der Waals surface area contributed by atoms with E-state index in [0.717, 1.165) is 5.88 Å². The lowest BCUT2D eigenvalue weighted by Crippen LogP contribution is -2.32. The maximum Gasteiger partial charge on any atom is 0.0687 e. The summed E-state index contributed by atoms with van der Waals surface area (Å²) in [7, 11) is 0. The second-order valence-electron chi connectivity index (χ2n) is 5.69. The van der Waals surface area contributed by atoms with Gasteiger partial charge in [0.15, 0.2) is 0 Å². The highest BCUT2D eigenvalue weighted by molar-refractivity contribution is 6.18. The average Bonchev–Trinajstić information content (AvgIpc) is 2.70. The number of ether oxygens (including phenoxy) is 1. The number of alkyl halides is 1. The zero-order valence-electron chi connectivity index (χ0n) is 10.5. The van der Waals surface area contributed by atoms with Crippen LogP contribution in [0.4, 0.5) is 0 Å². The van der Waals surface area contributed by atoms with E-state index in [0.29, 0.717) is 12.0 Å². The molecule has 1 heterocycles. The first kappa shape index (κ1) is 12.7. The molecule has 1 aliphatic heterocycles. The summed E-state index contributed by atoms with van der Waals surface area (Å²) in [6, 6.07) is 0. The highest BCUT2D eigenvalue weighted by Crippen LogP contribution is 2.43. The van der Waals surface area contributed by atoms with Gasteiger partial charge in [0.25, 0.3) is 0 Å². The molecular weight excluding hydrogens is 220 g/mol. The second kappa shape index (κ2) is 5.73. The van der Waals surface area contributed by atoms with Crippen molar-refractivity contribution >= 4 is 11.6 Å². The predicted octanol–water partition coefficient (Wildman–Crippen LogP) is 4.52. The van der Waals surface area contributed by atoms with Crippen LogP contribution >= 0.6 is 11.6 Å². The minimum absolute atomic E-state index is 0.285. The zero-order valence-corrected chi connectivity index (χ0v) is 11.3. The topological polar surface area (TPSA) is 9.23 Å². The van der Waals surface area contributed by atoms with Gasteiger partial charge in [0, 0.05) is 5.88 Å². The van der Waals surface area contributed by atoms with Crippen LogP contribution in [0.2, 0.25) is 0 Å². The second-order valence-corrected chi connectivity index (χ2v) is 6.00. The lowest BCUT2D eigenvalue weighted by Gasteiger charge is -2.33. The Morgan fingerprint density at radius 2 is 2.00 bits per heavy atom. The van der Waals surface area contributed by atoms with E-state index in [9.17, 15) is 0 Å². The molecule has 0 aromatic rings. The number of halogens is 1. The summed E-state index contributed by atoms with van der Waals surface area (Å²) in [5.74, 6) is 1.45. The van der Waals surface area contributed by atoms with Crippen LogP contribution in [-0.4, -0.2) is 17.6 Å². The standard InChI is InChI=1S/C14H25ClO/c1-2-12(11-15)10-13-6-9-14(16-13)7-4-3-5-8-14/h12-13H,2-11H2,1H3. The molecule has 94 valence electrons. The molecule has 2 fully saturated rings. The Kier molecular flexibility index (Phi) is 4.55. The summed E-state index contributed by atoms with van der Waals surface area (Å²) in [5, 5.41) is 0. The Bertz CT molecular complexity index is 207. The Morgan fingerprint density at radius 1 is 1.25 bits per heavy atom. The van der Waals surface area contributed by atoms with Crippen LogP contribution in [-0.2, 0) is 4.74 Å². The highest BCUT2D eigenvalue weighted by atomic mass is 35.5. The fraction of sp³-hybridized carbons (Fsp3) is 1.00. The molecular formula is C14H25ClO. The predicted molar refractivity (Wildman–Crippen MR) is 69.0 cm³/mol. The zero-order chi connectivity index (χ0) is 11.4.